The first-order valence-electron chi connectivity index (χ1n) is 8.07. The standard InChI is InChI=1S/C18H22ClN3O3S/c1-4-22(13-14-8-6-5-7-9-14)18(23)20-15-10-11-16(19)17(12-15)26(24,25)21(2)3/h5-12H,4,13H2,1-3H3,(H,20,23). The maximum Gasteiger partial charge on any atom is 0.322 e. The minimum Gasteiger partial charge on any atom is -0.320 e. The molecule has 140 valence electrons. The topological polar surface area (TPSA) is 69.7 Å². The van der Waals surface area contributed by atoms with Crippen LogP contribution in [0.4, 0.5) is 10.5 Å². The molecule has 0 atom stereocenters. The molecule has 0 aliphatic rings. The number of hydrogen-bond acceptors (Lipinski definition) is 3. The third-order valence-corrected chi connectivity index (χ3v) is 6.12. The van der Waals surface area contributed by atoms with Crippen molar-refractivity contribution < 1.29 is 13.2 Å². The Hall–Kier alpha value is -2.09. The number of carbonyl (C=O) groups excluding carboxylic acids is 1. The predicted octanol–water partition coefficient (Wildman–Crippen LogP) is 3.64. The van der Waals surface area contributed by atoms with E-state index in [0.29, 0.717) is 18.8 Å². The molecule has 0 heterocycles. The van der Waals surface area contributed by atoms with E-state index in [0.717, 1.165) is 9.87 Å². The van der Waals surface area contributed by atoms with Crippen molar-refractivity contribution in [2.24, 2.45) is 0 Å². The average Bonchev–Trinajstić information content (AvgIpc) is 2.61. The number of sulfonamides is 1. The minimum absolute atomic E-state index is 0.0481. The monoisotopic (exact) mass is 395 g/mol. The van der Waals surface area contributed by atoms with Crippen LogP contribution >= 0.6 is 11.6 Å². The third kappa shape index (κ3) is 4.75. The van der Waals surface area contributed by atoms with E-state index in [9.17, 15) is 13.2 Å². The van der Waals surface area contributed by atoms with Gasteiger partial charge in [0.05, 0.1) is 5.02 Å². The minimum atomic E-state index is -3.70. The first kappa shape index (κ1) is 20.2. The number of urea groups is 1. The summed E-state index contributed by atoms with van der Waals surface area (Å²) in [6.07, 6.45) is 0. The van der Waals surface area contributed by atoms with Crippen molar-refractivity contribution in [3.63, 3.8) is 0 Å². The van der Waals surface area contributed by atoms with E-state index in [1.807, 2.05) is 37.3 Å². The molecule has 0 aliphatic carbocycles. The number of anilines is 1. The lowest BCUT2D eigenvalue weighted by Crippen LogP contribution is -2.34. The van der Waals surface area contributed by atoms with Crippen molar-refractivity contribution in [2.45, 2.75) is 18.4 Å². The Kier molecular flexibility index (Phi) is 6.63. The van der Waals surface area contributed by atoms with Gasteiger partial charge in [0.15, 0.2) is 0 Å². The molecule has 0 radical (unpaired) electrons. The fourth-order valence-corrected chi connectivity index (χ4v) is 3.70. The van der Waals surface area contributed by atoms with Gasteiger partial charge in [-0.3, -0.25) is 0 Å². The molecule has 0 fully saturated rings. The summed E-state index contributed by atoms with van der Waals surface area (Å²) in [5.74, 6) is 0. The molecule has 2 aromatic carbocycles. The zero-order valence-corrected chi connectivity index (χ0v) is 16.5. The van der Waals surface area contributed by atoms with Gasteiger partial charge in [0.25, 0.3) is 0 Å². The number of nitrogens with one attached hydrogen (secondary N) is 1. The number of benzene rings is 2. The van der Waals surface area contributed by atoms with Gasteiger partial charge in [-0.25, -0.2) is 17.5 Å². The lowest BCUT2D eigenvalue weighted by molar-refractivity contribution is 0.212. The first-order valence-corrected chi connectivity index (χ1v) is 9.89. The Bertz CT molecular complexity index is 871. The summed E-state index contributed by atoms with van der Waals surface area (Å²) in [6.45, 7) is 2.85. The second-order valence-corrected chi connectivity index (χ2v) is 8.39. The molecule has 0 saturated carbocycles. The largest absolute Gasteiger partial charge is 0.322 e. The lowest BCUT2D eigenvalue weighted by atomic mass is 10.2. The summed E-state index contributed by atoms with van der Waals surface area (Å²) in [6, 6.07) is 13.7. The van der Waals surface area contributed by atoms with E-state index < -0.39 is 10.0 Å². The number of amides is 2. The molecule has 6 nitrogen and oxygen atoms in total. The summed E-state index contributed by atoms with van der Waals surface area (Å²) >= 11 is 6.03. The highest BCUT2D eigenvalue weighted by Gasteiger charge is 2.22. The Morgan fingerprint density at radius 1 is 1.12 bits per heavy atom. The average molecular weight is 396 g/mol. The van der Waals surface area contributed by atoms with Gasteiger partial charge in [0.1, 0.15) is 4.90 Å². The molecule has 0 bridgehead atoms. The number of halogens is 1. The molecule has 8 heteroatoms. The van der Waals surface area contributed by atoms with E-state index in [1.165, 1.54) is 26.2 Å². The SMILES string of the molecule is CCN(Cc1ccccc1)C(=O)Nc1ccc(Cl)c(S(=O)(=O)N(C)C)c1. The molecule has 0 saturated heterocycles. The zero-order chi connectivity index (χ0) is 19.3. The van der Waals surface area contributed by atoms with Gasteiger partial charge in [-0.05, 0) is 30.7 Å². The number of carbonyl (C=O) groups is 1. The van der Waals surface area contributed by atoms with Crippen LogP contribution in [0.3, 0.4) is 0 Å². The number of nitrogens with zero attached hydrogens (tertiary/aromatic N) is 2. The Morgan fingerprint density at radius 2 is 1.77 bits per heavy atom. The van der Waals surface area contributed by atoms with E-state index in [2.05, 4.69) is 5.32 Å². The zero-order valence-electron chi connectivity index (χ0n) is 14.9. The highest BCUT2D eigenvalue weighted by molar-refractivity contribution is 7.89. The van der Waals surface area contributed by atoms with Crippen molar-refractivity contribution in [1.82, 2.24) is 9.21 Å². The van der Waals surface area contributed by atoms with E-state index in [4.69, 9.17) is 11.6 Å². The van der Waals surface area contributed by atoms with Crippen LogP contribution in [0.5, 0.6) is 0 Å². The molecular weight excluding hydrogens is 374 g/mol. The molecule has 2 aromatic rings. The van der Waals surface area contributed by atoms with E-state index >= 15 is 0 Å². The lowest BCUT2D eigenvalue weighted by Gasteiger charge is -2.22. The molecule has 0 aromatic heterocycles. The van der Waals surface area contributed by atoms with Gasteiger partial charge in [-0.15, -0.1) is 0 Å². The fourth-order valence-electron chi connectivity index (χ4n) is 2.31. The summed E-state index contributed by atoms with van der Waals surface area (Å²) in [5, 5.41) is 2.84. The van der Waals surface area contributed by atoms with Crippen molar-refractivity contribution >= 4 is 33.3 Å². The molecule has 0 unspecified atom stereocenters. The maximum atomic E-state index is 12.5. The van der Waals surface area contributed by atoms with Crippen molar-refractivity contribution in [2.75, 3.05) is 26.0 Å². The van der Waals surface area contributed by atoms with E-state index in [1.54, 1.807) is 11.0 Å². The van der Waals surface area contributed by atoms with Crippen LogP contribution in [-0.2, 0) is 16.6 Å². The quantitative estimate of drug-likeness (QED) is 0.811. The van der Waals surface area contributed by atoms with Gasteiger partial charge < -0.3 is 10.2 Å². The molecule has 0 aliphatic heterocycles. The second kappa shape index (κ2) is 8.53. The Labute approximate surface area is 159 Å². The summed E-state index contributed by atoms with van der Waals surface area (Å²) < 4.78 is 25.8. The number of hydrogen-bond donors (Lipinski definition) is 1. The smallest absolute Gasteiger partial charge is 0.320 e. The molecule has 2 amide bonds. The number of rotatable bonds is 6. The highest BCUT2D eigenvalue weighted by atomic mass is 35.5. The molecule has 2 rings (SSSR count). The highest BCUT2D eigenvalue weighted by Crippen LogP contribution is 2.27. The van der Waals surface area contributed by atoms with Crippen LogP contribution in [0.25, 0.3) is 0 Å². The fraction of sp³-hybridized carbons (Fsp3) is 0.278. The summed E-state index contributed by atoms with van der Waals surface area (Å²) in [5.41, 5.74) is 1.38. The van der Waals surface area contributed by atoms with Gasteiger partial charge in [-0.2, -0.15) is 0 Å². The maximum absolute atomic E-state index is 12.5. The Morgan fingerprint density at radius 3 is 2.35 bits per heavy atom. The Balaban J connectivity index is 2.20. The summed E-state index contributed by atoms with van der Waals surface area (Å²) in [7, 11) is -0.851. The molecule has 0 spiro atoms. The van der Waals surface area contributed by atoms with Crippen molar-refractivity contribution in [3.05, 3.63) is 59.1 Å². The first-order chi connectivity index (χ1) is 12.3. The molecule has 1 N–H and O–H groups in total. The van der Waals surface area contributed by atoms with Crippen molar-refractivity contribution in [1.29, 1.82) is 0 Å². The van der Waals surface area contributed by atoms with Gasteiger partial charge >= 0.3 is 6.03 Å². The van der Waals surface area contributed by atoms with Crippen LogP contribution in [-0.4, -0.2) is 44.3 Å². The molecular formula is C18H22ClN3O3S. The van der Waals surface area contributed by atoms with Crippen LogP contribution in [0.15, 0.2) is 53.4 Å². The second-order valence-electron chi connectivity index (χ2n) is 5.86. The van der Waals surface area contributed by atoms with Gasteiger partial charge in [0.2, 0.25) is 10.0 Å². The van der Waals surface area contributed by atoms with Gasteiger partial charge in [0, 0.05) is 32.9 Å². The third-order valence-electron chi connectivity index (χ3n) is 3.83. The predicted molar refractivity (Wildman–Crippen MR) is 104 cm³/mol. The summed E-state index contributed by atoms with van der Waals surface area (Å²) in [4.78, 5) is 14.1. The molecule has 26 heavy (non-hydrogen) atoms. The van der Waals surface area contributed by atoms with Crippen molar-refractivity contribution in [3.8, 4) is 0 Å². The van der Waals surface area contributed by atoms with Crippen LogP contribution < -0.4 is 5.32 Å². The van der Waals surface area contributed by atoms with Crippen LogP contribution in [0, 0.1) is 0 Å². The van der Waals surface area contributed by atoms with Crippen LogP contribution in [0.2, 0.25) is 5.02 Å². The normalized spacial score (nSPS) is 11.4. The van der Waals surface area contributed by atoms with E-state index in [-0.39, 0.29) is 15.9 Å². The van der Waals surface area contributed by atoms with Crippen LogP contribution in [0.1, 0.15) is 12.5 Å². The van der Waals surface area contributed by atoms with Gasteiger partial charge in [-0.1, -0.05) is 41.9 Å².